The third-order valence-corrected chi connectivity index (χ3v) is 3.18. The maximum Gasteiger partial charge on any atom is 0.262 e. The molecule has 4 nitrogen and oxygen atoms in total. The van der Waals surface area contributed by atoms with Gasteiger partial charge in [0.25, 0.3) is 5.91 Å². The van der Waals surface area contributed by atoms with Crippen molar-refractivity contribution in [1.82, 2.24) is 0 Å². The quantitative estimate of drug-likeness (QED) is 0.903. The Hall–Kier alpha value is -1.91. The van der Waals surface area contributed by atoms with Crippen molar-refractivity contribution in [1.29, 1.82) is 0 Å². The fourth-order valence-electron chi connectivity index (χ4n) is 1.67. The minimum absolute atomic E-state index is 0.182. The first kappa shape index (κ1) is 15.5. The lowest BCUT2D eigenvalue weighted by Gasteiger charge is -2.11. The Morgan fingerprint density at radius 2 is 1.90 bits per heavy atom. The zero-order valence-corrected chi connectivity index (χ0v) is 12.7. The van der Waals surface area contributed by atoms with Gasteiger partial charge in [-0.3, -0.25) is 4.79 Å². The van der Waals surface area contributed by atoms with Crippen molar-refractivity contribution in [3.05, 3.63) is 52.5 Å². The molecule has 0 spiro atoms. The highest BCUT2D eigenvalue weighted by atomic mass is 35.5. The average molecular weight is 326 g/mol. The number of para-hydroxylation sites is 2. The normalized spacial score (nSPS) is 10.0. The molecule has 0 aliphatic heterocycles. The van der Waals surface area contributed by atoms with E-state index in [1.165, 1.54) is 7.11 Å². The molecule has 1 N–H and O–H groups in total. The van der Waals surface area contributed by atoms with E-state index >= 15 is 0 Å². The molecule has 21 heavy (non-hydrogen) atoms. The van der Waals surface area contributed by atoms with Crippen molar-refractivity contribution in [3.63, 3.8) is 0 Å². The summed E-state index contributed by atoms with van der Waals surface area (Å²) in [6.07, 6.45) is 0. The Balaban J connectivity index is 1.97. The van der Waals surface area contributed by atoms with Gasteiger partial charge < -0.3 is 14.8 Å². The molecule has 0 aromatic heterocycles. The molecule has 1 amide bonds. The molecular formula is C15H13Cl2NO3. The van der Waals surface area contributed by atoms with Gasteiger partial charge in [-0.2, -0.15) is 0 Å². The molecule has 0 saturated heterocycles. The van der Waals surface area contributed by atoms with E-state index in [-0.39, 0.29) is 12.5 Å². The second-order valence-corrected chi connectivity index (χ2v) is 4.96. The van der Waals surface area contributed by atoms with Crippen molar-refractivity contribution in [3.8, 4) is 11.5 Å². The summed E-state index contributed by atoms with van der Waals surface area (Å²) in [5.74, 6) is 0.613. The molecule has 2 rings (SSSR count). The standard InChI is InChI=1S/C15H13Cl2NO3/c1-20-13-5-3-2-4-12(13)18-15(19)9-21-14-8-10(16)6-7-11(14)17/h2-8H,9H2,1H3,(H,18,19). The number of rotatable bonds is 5. The monoisotopic (exact) mass is 325 g/mol. The van der Waals surface area contributed by atoms with E-state index in [9.17, 15) is 4.79 Å². The van der Waals surface area contributed by atoms with Crippen molar-refractivity contribution in [2.75, 3.05) is 19.0 Å². The van der Waals surface area contributed by atoms with Gasteiger partial charge in [-0.25, -0.2) is 0 Å². The summed E-state index contributed by atoms with van der Waals surface area (Å²) >= 11 is 11.8. The first-order valence-corrected chi connectivity index (χ1v) is 6.86. The van der Waals surface area contributed by atoms with Crippen LogP contribution in [0.1, 0.15) is 0 Å². The summed E-state index contributed by atoms with van der Waals surface area (Å²) in [6.45, 7) is -0.182. The molecule has 110 valence electrons. The maximum atomic E-state index is 11.9. The molecule has 0 radical (unpaired) electrons. The molecule has 2 aromatic carbocycles. The minimum atomic E-state index is -0.324. The molecule has 0 aliphatic carbocycles. The van der Waals surface area contributed by atoms with Crippen LogP contribution in [0.3, 0.4) is 0 Å². The van der Waals surface area contributed by atoms with Gasteiger partial charge in [0.15, 0.2) is 6.61 Å². The van der Waals surface area contributed by atoms with Gasteiger partial charge in [-0.1, -0.05) is 35.3 Å². The second-order valence-electron chi connectivity index (χ2n) is 4.11. The fourth-order valence-corrected chi connectivity index (χ4v) is 2.00. The topological polar surface area (TPSA) is 47.6 Å². The molecule has 0 atom stereocenters. The third-order valence-electron chi connectivity index (χ3n) is 2.63. The van der Waals surface area contributed by atoms with Crippen LogP contribution in [0.15, 0.2) is 42.5 Å². The van der Waals surface area contributed by atoms with E-state index < -0.39 is 0 Å². The molecule has 2 aromatic rings. The lowest BCUT2D eigenvalue weighted by molar-refractivity contribution is -0.118. The van der Waals surface area contributed by atoms with Crippen LogP contribution in [0.5, 0.6) is 11.5 Å². The second kappa shape index (κ2) is 7.20. The molecule has 6 heteroatoms. The van der Waals surface area contributed by atoms with E-state index in [1.807, 2.05) is 6.07 Å². The van der Waals surface area contributed by atoms with E-state index in [0.29, 0.717) is 27.2 Å². The zero-order chi connectivity index (χ0) is 15.2. The van der Waals surface area contributed by atoms with Crippen LogP contribution < -0.4 is 14.8 Å². The van der Waals surface area contributed by atoms with Crippen LogP contribution in [-0.4, -0.2) is 19.6 Å². The largest absolute Gasteiger partial charge is 0.495 e. The van der Waals surface area contributed by atoms with Crippen LogP contribution in [0.2, 0.25) is 10.0 Å². The lowest BCUT2D eigenvalue weighted by Crippen LogP contribution is -2.20. The SMILES string of the molecule is COc1ccccc1NC(=O)COc1cc(Cl)ccc1Cl. The first-order chi connectivity index (χ1) is 10.1. The maximum absolute atomic E-state index is 11.9. The Morgan fingerprint density at radius 1 is 1.14 bits per heavy atom. The van der Waals surface area contributed by atoms with Crippen molar-refractivity contribution in [2.24, 2.45) is 0 Å². The predicted octanol–water partition coefficient (Wildman–Crippen LogP) is 4.02. The molecule has 0 saturated carbocycles. The Bertz CT molecular complexity index is 647. The van der Waals surface area contributed by atoms with Crippen LogP contribution in [0, 0.1) is 0 Å². The number of ether oxygens (including phenoxy) is 2. The number of halogens is 2. The summed E-state index contributed by atoms with van der Waals surface area (Å²) in [5, 5.41) is 3.58. The van der Waals surface area contributed by atoms with Gasteiger partial charge in [0.1, 0.15) is 11.5 Å². The summed E-state index contributed by atoms with van der Waals surface area (Å²) in [6, 6.07) is 11.9. The molecule has 0 bridgehead atoms. The number of benzene rings is 2. The van der Waals surface area contributed by atoms with Gasteiger partial charge in [0, 0.05) is 11.1 Å². The fraction of sp³-hybridized carbons (Fsp3) is 0.133. The summed E-state index contributed by atoms with van der Waals surface area (Å²) in [4.78, 5) is 11.9. The van der Waals surface area contributed by atoms with Crippen molar-refractivity contribution >= 4 is 34.8 Å². The number of methoxy groups -OCH3 is 1. The highest BCUT2D eigenvalue weighted by molar-refractivity contribution is 6.34. The molecular weight excluding hydrogens is 313 g/mol. The molecule has 0 unspecified atom stereocenters. The number of carbonyl (C=O) groups is 1. The average Bonchev–Trinajstić information content (AvgIpc) is 2.49. The zero-order valence-electron chi connectivity index (χ0n) is 11.2. The van der Waals surface area contributed by atoms with E-state index in [1.54, 1.807) is 36.4 Å². The molecule has 0 fully saturated rings. The number of hydrogen-bond acceptors (Lipinski definition) is 3. The molecule has 0 heterocycles. The van der Waals surface area contributed by atoms with Crippen molar-refractivity contribution in [2.45, 2.75) is 0 Å². The molecule has 0 aliphatic rings. The van der Waals surface area contributed by atoms with Crippen LogP contribution in [0.4, 0.5) is 5.69 Å². The highest BCUT2D eigenvalue weighted by Gasteiger charge is 2.09. The van der Waals surface area contributed by atoms with Gasteiger partial charge in [-0.05, 0) is 24.3 Å². The Labute approximate surface area is 132 Å². The van der Waals surface area contributed by atoms with E-state index in [4.69, 9.17) is 32.7 Å². The third kappa shape index (κ3) is 4.28. The summed E-state index contributed by atoms with van der Waals surface area (Å²) in [5.41, 5.74) is 0.575. The van der Waals surface area contributed by atoms with E-state index in [0.717, 1.165) is 0 Å². The minimum Gasteiger partial charge on any atom is -0.495 e. The van der Waals surface area contributed by atoms with Gasteiger partial charge in [0.2, 0.25) is 0 Å². The van der Waals surface area contributed by atoms with Crippen LogP contribution in [0.25, 0.3) is 0 Å². The number of carbonyl (C=O) groups excluding carboxylic acids is 1. The lowest BCUT2D eigenvalue weighted by atomic mass is 10.3. The van der Waals surface area contributed by atoms with Crippen LogP contribution >= 0.6 is 23.2 Å². The Morgan fingerprint density at radius 3 is 2.67 bits per heavy atom. The smallest absolute Gasteiger partial charge is 0.262 e. The number of anilines is 1. The summed E-state index contributed by atoms with van der Waals surface area (Å²) in [7, 11) is 1.53. The number of amides is 1. The Kier molecular flexibility index (Phi) is 5.31. The van der Waals surface area contributed by atoms with Gasteiger partial charge in [-0.15, -0.1) is 0 Å². The van der Waals surface area contributed by atoms with Crippen LogP contribution in [-0.2, 0) is 4.79 Å². The van der Waals surface area contributed by atoms with Gasteiger partial charge >= 0.3 is 0 Å². The number of nitrogens with one attached hydrogen (secondary N) is 1. The van der Waals surface area contributed by atoms with Gasteiger partial charge in [0.05, 0.1) is 17.8 Å². The first-order valence-electron chi connectivity index (χ1n) is 6.11. The summed E-state index contributed by atoms with van der Waals surface area (Å²) < 4.78 is 10.5. The van der Waals surface area contributed by atoms with Crippen molar-refractivity contribution < 1.29 is 14.3 Å². The number of hydrogen-bond donors (Lipinski definition) is 1. The predicted molar refractivity (Wildman–Crippen MR) is 83.6 cm³/mol. The van der Waals surface area contributed by atoms with E-state index in [2.05, 4.69) is 5.32 Å². The highest BCUT2D eigenvalue weighted by Crippen LogP contribution is 2.28.